The molecule has 0 heterocycles. The Labute approximate surface area is 120 Å². The van der Waals surface area contributed by atoms with E-state index in [1.807, 2.05) is 6.07 Å². The van der Waals surface area contributed by atoms with Gasteiger partial charge in [-0.25, -0.2) is 0 Å². The van der Waals surface area contributed by atoms with Crippen LogP contribution in [0.4, 0.5) is 5.69 Å². The van der Waals surface area contributed by atoms with Crippen LogP contribution in [0.5, 0.6) is 0 Å². The molecule has 0 saturated heterocycles. The molecule has 1 aliphatic rings. The van der Waals surface area contributed by atoms with E-state index in [9.17, 15) is 0 Å². The second-order valence-corrected chi connectivity index (χ2v) is 5.27. The smallest absolute Gasteiger partial charge is 0.0382 e. The lowest BCUT2D eigenvalue weighted by Gasteiger charge is -2.15. The second-order valence-electron chi connectivity index (χ2n) is 5.27. The summed E-state index contributed by atoms with van der Waals surface area (Å²) in [4.78, 5) is 0. The zero-order chi connectivity index (χ0) is 13.8. The standard InChI is InChI=1S/C19H19N/c1-15-7-11-18(12-8-15)20-19-13-9-17(10-14-19)16-5-3-2-4-6-16/h2-7,9-11,13-14,20H,8,12H2,1H3. The molecular weight excluding hydrogens is 242 g/mol. The first kappa shape index (κ1) is 12.7. The predicted molar refractivity (Wildman–Crippen MR) is 86.6 cm³/mol. The summed E-state index contributed by atoms with van der Waals surface area (Å²) in [6.07, 6.45) is 6.64. The zero-order valence-electron chi connectivity index (χ0n) is 11.8. The molecule has 100 valence electrons. The number of rotatable bonds is 3. The Morgan fingerprint density at radius 3 is 2.10 bits per heavy atom. The van der Waals surface area contributed by atoms with Crippen LogP contribution in [-0.2, 0) is 0 Å². The van der Waals surface area contributed by atoms with Gasteiger partial charge < -0.3 is 5.32 Å². The van der Waals surface area contributed by atoms with Crippen LogP contribution >= 0.6 is 0 Å². The number of hydrogen-bond donors (Lipinski definition) is 1. The topological polar surface area (TPSA) is 12.0 Å². The molecule has 2 aromatic rings. The SMILES string of the molecule is CC1=CC=C(Nc2ccc(-c3ccccc3)cc2)CC1. The molecule has 3 rings (SSSR count). The molecule has 0 saturated carbocycles. The van der Waals surface area contributed by atoms with E-state index in [2.05, 4.69) is 72.9 Å². The van der Waals surface area contributed by atoms with Crippen molar-refractivity contribution in [3.63, 3.8) is 0 Å². The highest BCUT2D eigenvalue weighted by Gasteiger charge is 2.04. The van der Waals surface area contributed by atoms with Gasteiger partial charge in [0.25, 0.3) is 0 Å². The first-order valence-corrected chi connectivity index (χ1v) is 7.10. The van der Waals surface area contributed by atoms with Crippen molar-refractivity contribution in [1.29, 1.82) is 0 Å². The number of benzene rings is 2. The second kappa shape index (κ2) is 5.79. The van der Waals surface area contributed by atoms with Gasteiger partial charge >= 0.3 is 0 Å². The fraction of sp³-hybridized carbons (Fsp3) is 0.158. The minimum absolute atomic E-state index is 1.10. The summed E-state index contributed by atoms with van der Waals surface area (Å²) >= 11 is 0. The quantitative estimate of drug-likeness (QED) is 0.781. The largest absolute Gasteiger partial charge is 0.359 e. The Kier molecular flexibility index (Phi) is 3.69. The number of nitrogens with one attached hydrogen (secondary N) is 1. The van der Waals surface area contributed by atoms with E-state index < -0.39 is 0 Å². The van der Waals surface area contributed by atoms with Crippen molar-refractivity contribution < 1.29 is 0 Å². The fourth-order valence-electron chi connectivity index (χ4n) is 2.41. The van der Waals surface area contributed by atoms with E-state index in [0.29, 0.717) is 0 Å². The summed E-state index contributed by atoms with van der Waals surface area (Å²) in [6.45, 7) is 2.18. The summed E-state index contributed by atoms with van der Waals surface area (Å²) in [6, 6.07) is 19.1. The van der Waals surface area contributed by atoms with Crippen LogP contribution in [0, 0.1) is 0 Å². The molecule has 0 atom stereocenters. The van der Waals surface area contributed by atoms with Crippen molar-refractivity contribution in [2.24, 2.45) is 0 Å². The van der Waals surface area contributed by atoms with Gasteiger partial charge in [0.15, 0.2) is 0 Å². The highest BCUT2D eigenvalue weighted by Crippen LogP contribution is 2.24. The first-order valence-electron chi connectivity index (χ1n) is 7.10. The van der Waals surface area contributed by atoms with Crippen molar-refractivity contribution in [3.8, 4) is 11.1 Å². The Hall–Kier alpha value is -2.28. The Morgan fingerprint density at radius 2 is 1.45 bits per heavy atom. The van der Waals surface area contributed by atoms with Crippen LogP contribution in [0.1, 0.15) is 19.8 Å². The molecule has 1 aliphatic carbocycles. The molecule has 0 aromatic heterocycles. The third kappa shape index (κ3) is 3.00. The highest BCUT2D eigenvalue weighted by molar-refractivity contribution is 5.66. The lowest BCUT2D eigenvalue weighted by molar-refractivity contribution is 0.910. The summed E-state index contributed by atoms with van der Waals surface area (Å²) in [5, 5.41) is 3.50. The maximum atomic E-state index is 3.50. The van der Waals surface area contributed by atoms with Gasteiger partial charge in [-0.2, -0.15) is 0 Å². The molecule has 20 heavy (non-hydrogen) atoms. The van der Waals surface area contributed by atoms with Crippen LogP contribution in [0.2, 0.25) is 0 Å². The number of allylic oxidation sites excluding steroid dienone is 4. The van der Waals surface area contributed by atoms with Gasteiger partial charge in [0, 0.05) is 11.4 Å². The van der Waals surface area contributed by atoms with Gasteiger partial charge in [0.1, 0.15) is 0 Å². The van der Waals surface area contributed by atoms with Gasteiger partial charge in [-0.05, 0) is 49.1 Å². The van der Waals surface area contributed by atoms with Crippen molar-refractivity contribution in [1.82, 2.24) is 0 Å². The molecule has 0 bridgehead atoms. The molecule has 0 amide bonds. The lowest BCUT2D eigenvalue weighted by atomic mass is 10.0. The number of hydrogen-bond acceptors (Lipinski definition) is 1. The monoisotopic (exact) mass is 261 g/mol. The molecule has 1 heteroatoms. The van der Waals surface area contributed by atoms with Gasteiger partial charge in [0.2, 0.25) is 0 Å². The maximum absolute atomic E-state index is 3.50. The molecule has 2 aromatic carbocycles. The Balaban J connectivity index is 1.74. The van der Waals surface area contributed by atoms with Gasteiger partial charge in [-0.3, -0.25) is 0 Å². The summed E-state index contributed by atoms with van der Waals surface area (Å²) < 4.78 is 0. The summed E-state index contributed by atoms with van der Waals surface area (Å²) in [7, 11) is 0. The minimum Gasteiger partial charge on any atom is -0.359 e. The van der Waals surface area contributed by atoms with Crippen molar-refractivity contribution in [3.05, 3.63) is 78.0 Å². The predicted octanol–water partition coefficient (Wildman–Crippen LogP) is 5.39. The average molecular weight is 261 g/mol. The van der Waals surface area contributed by atoms with E-state index in [0.717, 1.165) is 18.5 Å². The van der Waals surface area contributed by atoms with E-state index in [1.165, 1.54) is 22.4 Å². The van der Waals surface area contributed by atoms with Crippen LogP contribution < -0.4 is 5.32 Å². The minimum atomic E-state index is 1.10. The summed E-state index contributed by atoms with van der Waals surface area (Å²) in [5.41, 5.74) is 6.42. The van der Waals surface area contributed by atoms with Crippen molar-refractivity contribution in [2.45, 2.75) is 19.8 Å². The van der Waals surface area contributed by atoms with E-state index in [1.54, 1.807) is 0 Å². The molecule has 0 spiro atoms. The maximum Gasteiger partial charge on any atom is 0.0382 e. The lowest BCUT2D eigenvalue weighted by Crippen LogP contribution is -2.02. The Bertz CT molecular complexity index is 633. The van der Waals surface area contributed by atoms with Crippen LogP contribution in [-0.4, -0.2) is 0 Å². The average Bonchev–Trinajstić information content (AvgIpc) is 2.51. The zero-order valence-corrected chi connectivity index (χ0v) is 11.8. The van der Waals surface area contributed by atoms with Crippen LogP contribution in [0.3, 0.4) is 0 Å². The normalized spacial score (nSPS) is 14.4. The molecule has 0 aliphatic heterocycles. The third-order valence-electron chi connectivity index (χ3n) is 3.65. The molecule has 0 unspecified atom stereocenters. The molecule has 1 N–H and O–H groups in total. The van der Waals surface area contributed by atoms with E-state index >= 15 is 0 Å². The molecular formula is C19H19N. The third-order valence-corrected chi connectivity index (χ3v) is 3.65. The Morgan fingerprint density at radius 1 is 0.750 bits per heavy atom. The highest BCUT2D eigenvalue weighted by atomic mass is 14.9. The molecule has 1 nitrogen and oxygen atoms in total. The van der Waals surface area contributed by atoms with Crippen LogP contribution in [0.25, 0.3) is 11.1 Å². The number of anilines is 1. The van der Waals surface area contributed by atoms with Gasteiger partial charge in [-0.1, -0.05) is 54.1 Å². The van der Waals surface area contributed by atoms with E-state index in [4.69, 9.17) is 0 Å². The van der Waals surface area contributed by atoms with E-state index in [-0.39, 0.29) is 0 Å². The van der Waals surface area contributed by atoms with Gasteiger partial charge in [0.05, 0.1) is 0 Å². The molecule has 0 fully saturated rings. The van der Waals surface area contributed by atoms with Crippen molar-refractivity contribution >= 4 is 5.69 Å². The molecule has 0 radical (unpaired) electrons. The first-order chi connectivity index (χ1) is 9.81. The van der Waals surface area contributed by atoms with Gasteiger partial charge in [-0.15, -0.1) is 0 Å². The summed E-state index contributed by atoms with van der Waals surface area (Å²) in [5.74, 6) is 0. The van der Waals surface area contributed by atoms with Crippen molar-refractivity contribution in [2.75, 3.05) is 5.32 Å². The fourth-order valence-corrected chi connectivity index (χ4v) is 2.41. The van der Waals surface area contributed by atoms with Crippen LogP contribution in [0.15, 0.2) is 78.0 Å².